The number of aromatic nitrogens is 4. The number of imidazole rings is 1. The summed E-state index contributed by atoms with van der Waals surface area (Å²) in [6.45, 7) is 2.31. The Balaban J connectivity index is 1.41. The Labute approximate surface area is 245 Å². The highest BCUT2D eigenvalue weighted by molar-refractivity contribution is 8.03. The third-order valence-electron chi connectivity index (χ3n) is 6.91. The number of likely N-dealkylation sites (tertiary alicyclic amines) is 1. The average molecular weight is 587 g/mol. The monoisotopic (exact) mass is 586 g/mol. The summed E-state index contributed by atoms with van der Waals surface area (Å²) < 4.78 is 1.87. The van der Waals surface area contributed by atoms with Crippen LogP contribution in [-0.4, -0.2) is 65.5 Å². The van der Waals surface area contributed by atoms with E-state index in [2.05, 4.69) is 15.3 Å². The summed E-state index contributed by atoms with van der Waals surface area (Å²) in [5.41, 5.74) is 14.3. The Morgan fingerprint density at radius 1 is 1.17 bits per heavy atom. The highest BCUT2D eigenvalue weighted by atomic mass is 32.2. The van der Waals surface area contributed by atoms with E-state index in [1.165, 1.54) is 17.8 Å². The van der Waals surface area contributed by atoms with Gasteiger partial charge in [-0.2, -0.15) is 0 Å². The topological polar surface area (TPSA) is 182 Å². The number of carboxylic acid groups (broad SMARTS) is 1. The lowest BCUT2D eigenvalue weighted by molar-refractivity contribution is -0.138. The number of nitrogens with one attached hydrogen (secondary N) is 1. The summed E-state index contributed by atoms with van der Waals surface area (Å²) in [6, 6.07) is 11.0. The fourth-order valence-electron chi connectivity index (χ4n) is 4.82. The molecule has 1 fully saturated rings. The fourth-order valence-corrected chi connectivity index (χ4v) is 5.59. The van der Waals surface area contributed by atoms with E-state index >= 15 is 0 Å². The molecular formula is C29H30N8O4S. The van der Waals surface area contributed by atoms with E-state index in [-0.39, 0.29) is 23.6 Å². The normalized spacial score (nSPS) is 16.0. The molecule has 0 unspecified atom stereocenters. The van der Waals surface area contributed by atoms with Crippen molar-refractivity contribution in [2.45, 2.75) is 31.8 Å². The Morgan fingerprint density at radius 3 is 2.67 bits per heavy atom. The van der Waals surface area contributed by atoms with E-state index in [0.29, 0.717) is 52.1 Å². The molecule has 216 valence electrons. The standard InChI is InChI=1S/C29H30N8O4S/c1-17(42-16-20(30)29(40)41)15-23(38)36-13-4-5-21(36)27-35-24(25-26(31)33-12-14-37(25)27)18-7-9-19(10-8-18)28(39)34-22-6-2-3-11-32-22/h2-3,6-12,14-15,20-21H,4-5,13,16,30H2,1H3,(H2,31,33)(H,40,41)(H,32,34,39)/b17-15+/t20-,21-/m0/s1. The first-order valence-electron chi connectivity index (χ1n) is 13.3. The SMILES string of the molecule is C/C(=C\C(=O)N1CCC[C@H]1c1nc(-c2ccc(C(=O)Nc3ccccn3)cc2)c2c(N)nccn12)SC[C@H](N)C(=O)O. The van der Waals surface area contributed by atoms with Gasteiger partial charge in [0.15, 0.2) is 0 Å². The lowest BCUT2D eigenvalue weighted by Crippen LogP contribution is -2.32. The Kier molecular flexibility index (Phi) is 8.50. The third kappa shape index (κ3) is 6.11. The van der Waals surface area contributed by atoms with Crippen molar-refractivity contribution in [3.8, 4) is 11.3 Å². The average Bonchev–Trinajstić information content (AvgIpc) is 3.62. The molecule has 0 saturated carbocycles. The summed E-state index contributed by atoms with van der Waals surface area (Å²) in [4.78, 5) is 52.8. The molecule has 13 heteroatoms. The Morgan fingerprint density at radius 2 is 1.95 bits per heavy atom. The quantitative estimate of drug-likeness (QED) is 0.212. The van der Waals surface area contributed by atoms with Crippen molar-refractivity contribution < 1.29 is 19.5 Å². The van der Waals surface area contributed by atoms with Crippen LogP contribution in [0.5, 0.6) is 0 Å². The number of carbonyl (C=O) groups is 3. The minimum Gasteiger partial charge on any atom is -0.480 e. The Bertz CT molecular complexity index is 1660. The van der Waals surface area contributed by atoms with Crippen molar-refractivity contribution in [2.75, 3.05) is 23.3 Å². The molecule has 1 saturated heterocycles. The van der Waals surface area contributed by atoms with E-state index < -0.39 is 12.0 Å². The van der Waals surface area contributed by atoms with Crippen LogP contribution in [0.2, 0.25) is 0 Å². The van der Waals surface area contributed by atoms with Gasteiger partial charge in [-0.1, -0.05) is 18.2 Å². The maximum Gasteiger partial charge on any atom is 0.321 e. The number of carbonyl (C=O) groups excluding carboxylic acids is 2. The van der Waals surface area contributed by atoms with Crippen molar-refractivity contribution in [3.63, 3.8) is 0 Å². The van der Waals surface area contributed by atoms with Crippen molar-refractivity contribution in [3.05, 3.63) is 83.4 Å². The van der Waals surface area contributed by atoms with Gasteiger partial charge in [-0.3, -0.25) is 18.8 Å². The maximum atomic E-state index is 13.3. The molecule has 12 nitrogen and oxygen atoms in total. The van der Waals surface area contributed by atoms with E-state index in [0.717, 1.165) is 12.0 Å². The second-order valence-electron chi connectivity index (χ2n) is 9.80. The van der Waals surface area contributed by atoms with Crippen LogP contribution in [0, 0.1) is 0 Å². The number of aliphatic carboxylic acids is 1. The van der Waals surface area contributed by atoms with Crippen molar-refractivity contribution >= 4 is 46.7 Å². The fraction of sp³-hybridized carbons (Fsp3) is 0.241. The van der Waals surface area contributed by atoms with Gasteiger partial charge in [-0.05, 0) is 48.9 Å². The van der Waals surface area contributed by atoms with Crippen LogP contribution >= 0.6 is 11.8 Å². The molecule has 0 aliphatic carbocycles. The number of amides is 2. The molecule has 4 aromatic rings. The summed E-state index contributed by atoms with van der Waals surface area (Å²) in [5, 5.41) is 11.8. The zero-order chi connectivity index (χ0) is 29.8. The number of nitrogen functional groups attached to an aromatic ring is 1. The molecule has 4 heterocycles. The van der Waals surface area contributed by atoms with Gasteiger partial charge in [0.05, 0.1) is 6.04 Å². The maximum absolute atomic E-state index is 13.3. The molecule has 2 amide bonds. The number of anilines is 2. The van der Waals surface area contributed by atoms with Gasteiger partial charge in [0.25, 0.3) is 5.91 Å². The summed E-state index contributed by atoms with van der Waals surface area (Å²) >= 11 is 1.24. The number of hydrogen-bond acceptors (Lipinski definition) is 9. The lowest BCUT2D eigenvalue weighted by atomic mass is 10.1. The number of benzene rings is 1. The Hall–Kier alpha value is -4.75. The molecule has 1 aliphatic heterocycles. The molecule has 0 bridgehead atoms. The van der Waals surface area contributed by atoms with Gasteiger partial charge in [0.1, 0.15) is 34.7 Å². The molecule has 42 heavy (non-hydrogen) atoms. The van der Waals surface area contributed by atoms with Crippen molar-refractivity contribution in [1.29, 1.82) is 0 Å². The highest BCUT2D eigenvalue weighted by Crippen LogP contribution is 2.37. The van der Waals surface area contributed by atoms with Crippen molar-refractivity contribution in [1.82, 2.24) is 24.3 Å². The first-order chi connectivity index (χ1) is 20.2. The van der Waals surface area contributed by atoms with E-state index in [1.807, 2.05) is 4.40 Å². The predicted molar refractivity (Wildman–Crippen MR) is 161 cm³/mol. The van der Waals surface area contributed by atoms with Gasteiger partial charge in [0, 0.05) is 48.1 Å². The van der Waals surface area contributed by atoms with E-state index in [4.69, 9.17) is 21.6 Å². The second kappa shape index (κ2) is 12.4. The molecule has 6 N–H and O–H groups in total. The van der Waals surface area contributed by atoms with E-state index in [1.54, 1.807) is 72.9 Å². The van der Waals surface area contributed by atoms with Crippen LogP contribution < -0.4 is 16.8 Å². The van der Waals surface area contributed by atoms with E-state index in [9.17, 15) is 14.4 Å². The number of pyridine rings is 1. The molecule has 3 aromatic heterocycles. The van der Waals surface area contributed by atoms with Crippen LogP contribution in [0.1, 0.15) is 42.0 Å². The molecule has 5 rings (SSSR count). The number of hydrogen-bond donors (Lipinski definition) is 4. The summed E-state index contributed by atoms with van der Waals surface area (Å²) in [7, 11) is 0. The van der Waals surface area contributed by atoms with Crippen LogP contribution in [0.25, 0.3) is 16.8 Å². The third-order valence-corrected chi connectivity index (χ3v) is 8.00. The molecule has 0 radical (unpaired) electrons. The molecule has 1 aliphatic rings. The minimum atomic E-state index is -1.08. The number of nitrogens with two attached hydrogens (primary N) is 2. The zero-order valence-electron chi connectivity index (χ0n) is 22.8. The number of allylic oxidation sites excluding steroid dienone is 1. The summed E-state index contributed by atoms with van der Waals surface area (Å²) in [5.74, 6) is 0.0129. The van der Waals surface area contributed by atoms with Crippen LogP contribution in [0.15, 0.2) is 72.0 Å². The lowest BCUT2D eigenvalue weighted by Gasteiger charge is -2.23. The van der Waals surface area contributed by atoms with Crippen LogP contribution in [-0.2, 0) is 9.59 Å². The number of rotatable bonds is 9. The van der Waals surface area contributed by atoms with Crippen LogP contribution in [0.3, 0.4) is 0 Å². The summed E-state index contributed by atoms with van der Waals surface area (Å²) in [6.07, 6.45) is 7.99. The number of carboxylic acids is 1. The number of thioether (sulfide) groups is 1. The first-order valence-corrected chi connectivity index (χ1v) is 14.3. The van der Waals surface area contributed by atoms with Gasteiger partial charge in [0.2, 0.25) is 5.91 Å². The zero-order valence-corrected chi connectivity index (χ0v) is 23.6. The minimum absolute atomic E-state index is 0.165. The second-order valence-corrected chi connectivity index (χ2v) is 11.1. The molecular weight excluding hydrogens is 556 g/mol. The van der Waals surface area contributed by atoms with Gasteiger partial charge >= 0.3 is 5.97 Å². The van der Waals surface area contributed by atoms with Crippen molar-refractivity contribution in [2.24, 2.45) is 5.73 Å². The molecule has 2 atom stereocenters. The van der Waals surface area contributed by atoms with Gasteiger partial charge in [-0.15, -0.1) is 11.8 Å². The molecule has 0 spiro atoms. The highest BCUT2D eigenvalue weighted by Gasteiger charge is 2.33. The molecule has 1 aromatic carbocycles. The number of fused-ring (bicyclic) bond motifs is 1. The largest absolute Gasteiger partial charge is 0.480 e. The number of nitrogens with zero attached hydrogens (tertiary/aromatic N) is 5. The smallest absolute Gasteiger partial charge is 0.321 e. The predicted octanol–water partition coefficient (Wildman–Crippen LogP) is 3.34. The van der Waals surface area contributed by atoms with Gasteiger partial charge < -0.3 is 26.8 Å². The van der Waals surface area contributed by atoms with Gasteiger partial charge in [-0.25, -0.2) is 15.0 Å². The van der Waals surface area contributed by atoms with Crippen LogP contribution in [0.4, 0.5) is 11.6 Å². The first kappa shape index (κ1) is 28.8.